The summed E-state index contributed by atoms with van der Waals surface area (Å²) in [4.78, 5) is 36.4. The molecule has 8 nitrogen and oxygen atoms in total. The summed E-state index contributed by atoms with van der Waals surface area (Å²) in [6, 6.07) is 22.3. The second-order valence-corrected chi connectivity index (χ2v) is 7.63. The van der Waals surface area contributed by atoms with Gasteiger partial charge in [0.05, 0.1) is 12.2 Å². The van der Waals surface area contributed by atoms with E-state index in [0.29, 0.717) is 12.1 Å². The topological polar surface area (TPSA) is 131 Å². The third-order valence-electron chi connectivity index (χ3n) is 5.11. The molecule has 1 atom stereocenters. The third-order valence-corrected chi connectivity index (χ3v) is 5.11. The van der Waals surface area contributed by atoms with Crippen LogP contribution >= 0.6 is 0 Å². The number of hydrogen-bond acceptors (Lipinski definition) is 5. The van der Waals surface area contributed by atoms with Gasteiger partial charge in [-0.3, -0.25) is 9.59 Å². The Labute approximate surface area is 197 Å². The molecule has 0 aliphatic rings. The number of aliphatic carboxylic acids is 1. The molecule has 5 N–H and O–H groups in total. The van der Waals surface area contributed by atoms with Gasteiger partial charge in [-0.15, -0.1) is 0 Å². The number of anilines is 1. The van der Waals surface area contributed by atoms with Crippen LogP contribution in [0.1, 0.15) is 27.9 Å². The van der Waals surface area contributed by atoms with E-state index in [2.05, 4.69) is 10.6 Å². The monoisotopic (exact) mass is 461 g/mol. The Kier molecular flexibility index (Phi) is 8.76. The highest BCUT2D eigenvalue weighted by atomic mass is 16.5. The molecule has 0 saturated heterocycles. The van der Waals surface area contributed by atoms with Gasteiger partial charge >= 0.3 is 5.97 Å². The molecule has 0 heterocycles. The fourth-order valence-corrected chi connectivity index (χ4v) is 3.28. The maximum Gasteiger partial charge on any atom is 0.326 e. The zero-order chi connectivity index (χ0) is 24.3. The summed E-state index contributed by atoms with van der Waals surface area (Å²) in [5, 5.41) is 14.8. The summed E-state index contributed by atoms with van der Waals surface area (Å²) < 4.78 is 5.87. The number of carboxylic acid groups (broad SMARTS) is 1. The third kappa shape index (κ3) is 7.18. The average Bonchev–Trinajstić information content (AvgIpc) is 2.86. The van der Waals surface area contributed by atoms with Gasteiger partial charge in [-0.2, -0.15) is 0 Å². The van der Waals surface area contributed by atoms with Gasteiger partial charge in [0, 0.05) is 5.56 Å². The highest BCUT2D eigenvalue weighted by Crippen LogP contribution is 2.27. The van der Waals surface area contributed by atoms with E-state index in [4.69, 9.17) is 10.5 Å². The van der Waals surface area contributed by atoms with Gasteiger partial charge in [0.2, 0.25) is 5.91 Å². The Balaban J connectivity index is 1.74. The molecule has 8 heteroatoms. The number of carbonyl (C=O) groups excluding carboxylic acids is 2. The van der Waals surface area contributed by atoms with Crippen molar-refractivity contribution in [1.82, 2.24) is 5.32 Å². The van der Waals surface area contributed by atoms with Crippen molar-refractivity contribution >= 4 is 23.5 Å². The first-order chi connectivity index (χ1) is 16.5. The molecule has 0 radical (unpaired) electrons. The molecule has 0 aliphatic carbocycles. The fraction of sp³-hybridized carbons (Fsp3) is 0.192. The number of aryl methyl sites for hydroxylation is 1. The molecule has 3 aromatic rings. The van der Waals surface area contributed by atoms with E-state index in [1.54, 1.807) is 0 Å². The first-order valence-electron chi connectivity index (χ1n) is 10.8. The normalized spacial score (nSPS) is 11.3. The van der Waals surface area contributed by atoms with Gasteiger partial charge in [-0.25, -0.2) is 4.79 Å². The Morgan fingerprint density at radius 3 is 2.18 bits per heavy atom. The summed E-state index contributed by atoms with van der Waals surface area (Å²) in [5.74, 6) is -1.80. The zero-order valence-corrected chi connectivity index (χ0v) is 18.6. The van der Waals surface area contributed by atoms with Crippen LogP contribution in [0.2, 0.25) is 0 Å². The fourth-order valence-electron chi connectivity index (χ4n) is 3.28. The lowest BCUT2D eigenvalue weighted by atomic mass is 10.0. The maximum atomic E-state index is 12.8. The number of amides is 2. The smallest absolute Gasteiger partial charge is 0.326 e. The standard InChI is InChI=1S/C26H27N3O5/c27-16-24(30)28-21-14-12-20(15-23(21)34-17-19-9-5-2-6-10-19)25(31)29-22(26(32)33)13-11-18-7-3-1-4-8-18/h1-10,12,14-15,22H,11,13,16-17,27H2,(H,28,30)(H,29,31)(H,32,33)/t22-/m0/s1. The minimum absolute atomic E-state index is 0.206. The average molecular weight is 462 g/mol. The van der Waals surface area contributed by atoms with Crippen molar-refractivity contribution in [1.29, 1.82) is 0 Å². The highest BCUT2D eigenvalue weighted by Gasteiger charge is 2.21. The van der Waals surface area contributed by atoms with Gasteiger partial charge in [0.1, 0.15) is 18.4 Å². The summed E-state index contributed by atoms with van der Waals surface area (Å²) >= 11 is 0. The summed E-state index contributed by atoms with van der Waals surface area (Å²) in [5.41, 5.74) is 7.85. The number of carboxylic acids is 1. The molecule has 0 saturated carbocycles. The molecule has 176 valence electrons. The van der Waals surface area contributed by atoms with Crippen LogP contribution in [0.15, 0.2) is 78.9 Å². The number of nitrogens with one attached hydrogen (secondary N) is 2. The number of rotatable bonds is 11. The van der Waals surface area contributed by atoms with Crippen LogP contribution in [0.4, 0.5) is 5.69 Å². The van der Waals surface area contributed by atoms with E-state index in [1.807, 2.05) is 60.7 Å². The van der Waals surface area contributed by atoms with E-state index in [9.17, 15) is 19.5 Å². The SMILES string of the molecule is NCC(=O)Nc1ccc(C(=O)N[C@@H](CCc2ccccc2)C(=O)O)cc1OCc1ccccc1. The molecule has 3 aromatic carbocycles. The number of hydrogen-bond donors (Lipinski definition) is 4. The molecular formula is C26H27N3O5. The van der Waals surface area contributed by atoms with Crippen molar-refractivity contribution in [2.45, 2.75) is 25.5 Å². The quantitative estimate of drug-likeness (QED) is 0.347. The summed E-state index contributed by atoms with van der Waals surface area (Å²) in [6.07, 6.45) is 0.751. The first-order valence-corrected chi connectivity index (χ1v) is 10.8. The van der Waals surface area contributed by atoms with Gasteiger partial charge in [0.25, 0.3) is 5.91 Å². The van der Waals surface area contributed by atoms with Crippen LogP contribution < -0.4 is 21.1 Å². The lowest BCUT2D eigenvalue weighted by Crippen LogP contribution is -2.41. The first kappa shape index (κ1) is 24.5. The molecule has 0 aromatic heterocycles. The molecule has 0 fully saturated rings. The van der Waals surface area contributed by atoms with Crippen LogP contribution in [0, 0.1) is 0 Å². The molecular weight excluding hydrogens is 434 g/mol. The van der Waals surface area contributed by atoms with Gasteiger partial charge in [0.15, 0.2) is 0 Å². The van der Waals surface area contributed by atoms with Crippen molar-refractivity contribution in [3.05, 3.63) is 95.6 Å². The summed E-state index contributed by atoms with van der Waals surface area (Å²) in [7, 11) is 0. The van der Waals surface area contributed by atoms with Crippen LogP contribution in [0.3, 0.4) is 0 Å². The molecule has 0 aliphatic heterocycles. The van der Waals surface area contributed by atoms with Gasteiger partial charge < -0.3 is 26.2 Å². The Bertz CT molecular complexity index is 1120. The minimum Gasteiger partial charge on any atom is -0.487 e. The van der Waals surface area contributed by atoms with Crippen molar-refractivity contribution in [2.75, 3.05) is 11.9 Å². The minimum atomic E-state index is -1.11. The molecule has 0 spiro atoms. The van der Waals surface area contributed by atoms with Crippen molar-refractivity contribution in [3.8, 4) is 5.75 Å². The Hall–Kier alpha value is -4.17. The largest absolute Gasteiger partial charge is 0.487 e. The molecule has 0 bridgehead atoms. The maximum absolute atomic E-state index is 12.8. The van der Waals surface area contributed by atoms with Crippen LogP contribution in [-0.2, 0) is 22.6 Å². The van der Waals surface area contributed by atoms with Crippen LogP contribution in [0.25, 0.3) is 0 Å². The van der Waals surface area contributed by atoms with E-state index >= 15 is 0 Å². The molecule has 3 rings (SSSR count). The molecule has 34 heavy (non-hydrogen) atoms. The number of ether oxygens (including phenoxy) is 1. The Morgan fingerprint density at radius 2 is 1.56 bits per heavy atom. The van der Waals surface area contributed by atoms with Crippen molar-refractivity contribution in [2.24, 2.45) is 5.73 Å². The number of benzene rings is 3. The predicted octanol–water partition coefficient (Wildman–Crippen LogP) is 2.98. The van der Waals surface area contributed by atoms with Crippen LogP contribution in [0.5, 0.6) is 5.75 Å². The van der Waals surface area contributed by atoms with Crippen molar-refractivity contribution < 1.29 is 24.2 Å². The van der Waals surface area contributed by atoms with E-state index in [1.165, 1.54) is 18.2 Å². The molecule has 0 unspecified atom stereocenters. The highest BCUT2D eigenvalue weighted by molar-refractivity contribution is 5.99. The van der Waals surface area contributed by atoms with E-state index < -0.39 is 23.8 Å². The lowest BCUT2D eigenvalue weighted by Gasteiger charge is -2.17. The Morgan fingerprint density at radius 1 is 0.912 bits per heavy atom. The summed E-state index contributed by atoms with van der Waals surface area (Å²) in [6.45, 7) is 0.00824. The lowest BCUT2D eigenvalue weighted by molar-refractivity contribution is -0.139. The van der Waals surface area contributed by atoms with Crippen molar-refractivity contribution in [3.63, 3.8) is 0 Å². The second-order valence-electron chi connectivity index (χ2n) is 7.63. The number of nitrogens with two attached hydrogens (primary N) is 1. The van der Waals surface area contributed by atoms with Gasteiger partial charge in [-0.1, -0.05) is 60.7 Å². The zero-order valence-electron chi connectivity index (χ0n) is 18.6. The second kappa shape index (κ2) is 12.2. The number of carbonyl (C=O) groups is 3. The predicted molar refractivity (Wildman–Crippen MR) is 129 cm³/mol. The van der Waals surface area contributed by atoms with E-state index in [0.717, 1.165) is 11.1 Å². The van der Waals surface area contributed by atoms with E-state index in [-0.39, 0.29) is 30.9 Å². The van der Waals surface area contributed by atoms with Gasteiger partial charge in [-0.05, 0) is 42.2 Å². The van der Waals surface area contributed by atoms with Crippen LogP contribution in [-0.4, -0.2) is 35.5 Å². The molecule has 2 amide bonds.